The summed E-state index contributed by atoms with van der Waals surface area (Å²) in [5.41, 5.74) is -0.109. The van der Waals surface area contributed by atoms with Crippen molar-refractivity contribution in [3.05, 3.63) is 22.2 Å². The maximum atomic E-state index is 11.7. The summed E-state index contributed by atoms with van der Waals surface area (Å²) in [5.74, 6) is 1.66. The molecule has 0 bridgehead atoms. The molecule has 2 N–H and O–H groups in total. The highest BCUT2D eigenvalue weighted by molar-refractivity contribution is 5.73. The fourth-order valence-electron chi connectivity index (χ4n) is 2.44. The number of amides is 1. The van der Waals surface area contributed by atoms with Crippen molar-refractivity contribution < 1.29 is 4.79 Å². The van der Waals surface area contributed by atoms with Crippen molar-refractivity contribution in [3.8, 4) is 0 Å². The summed E-state index contributed by atoms with van der Waals surface area (Å²) >= 11 is 0. The summed E-state index contributed by atoms with van der Waals surface area (Å²) in [6.07, 6.45) is 1.76. The van der Waals surface area contributed by atoms with Gasteiger partial charge in [-0.25, -0.2) is 4.98 Å². The zero-order chi connectivity index (χ0) is 14.7. The van der Waals surface area contributed by atoms with Crippen molar-refractivity contribution in [2.75, 3.05) is 18.0 Å². The molecule has 20 heavy (non-hydrogen) atoms. The van der Waals surface area contributed by atoms with Gasteiger partial charge in [-0.2, -0.15) is 0 Å². The molecule has 1 amide bonds. The van der Waals surface area contributed by atoms with Crippen LogP contribution in [0.5, 0.6) is 0 Å². The highest BCUT2D eigenvalue weighted by Gasteiger charge is 2.21. The molecule has 2 heterocycles. The fourth-order valence-corrected chi connectivity index (χ4v) is 2.44. The van der Waals surface area contributed by atoms with Crippen molar-refractivity contribution in [2.24, 2.45) is 0 Å². The van der Waals surface area contributed by atoms with Gasteiger partial charge in [0.1, 0.15) is 11.6 Å². The predicted octanol–water partition coefficient (Wildman–Crippen LogP) is 0.998. The summed E-state index contributed by atoms with van der Waals surface area (Å²) in [7, 11) is 0. The monoisotopic (exact) mass is 278 g/mol. The van der Waals surface area contributed by atoms with Gasteiger partial charge in [0, 0.05) is 38.0 Å². The molecule has 1 saturated heterocycles. The molecule has 0 saturated carbocycles. The van der Waals surface area contributed by atoms with Crippen molar-refractivity contribution in [3.63, 3.8) is 0 Å². The molecule has 6 nitrogen and oxygen atoms in total. The van der Waals surface area contributed by atoms with Crippen molar-refractivity contribution in [1.29, 1.82) is 0 Å². The number of nitrogens with zero attached hydrogens (tertiary/aromatic N) is 2. The number of aromatic nitrogens is 2. The Morgan fingerprint density at radius 2 is 2.10 bits per heavy atom. The minimum atomic E-state index is -0.109. The summed E-state index contributed by atoms with van der Waals surface area (Å²) in [4.78, 5) is 32.1. The number of rotatable bonds is 3. The fraction of sp³-hybridized carbons (Fsp3) is 0.643. The topological polar surface area (TPSA) is 78.1 Å². The Balaban J connectivity index is 2.07. The second-order valence-electron chi connectivity index (χ2n) is 5.61. The summed E-state index contributed by atoms with van der Waals surface area (Å²) in [5, 5.41) is 2.94. The first-order valence-electron chi connectivity index (χ1n) is 7.09. The van der Waals surface area contributed by atoms with Crippen LogP contribution in [0.1, 0.15) is 45.4 Å². The molecule has 0 radical (unpaired) electrons. The molecule has 0 atom stereocenters. The Labute approximate surface area is 118 Å². The van der Waals surface area contributed by atoms with Gasteiger partial charge in [-0.3, -0.25) is 9.59 Å². The van der Waals surface area contributed by atoms with Crippen LogP contribution in [0.15, 0.2) is 10.9 Å². The van der Waals surface area contributed by atoms with E-state index < -0.39 is 0 Å². The molecule has 1 aromatic rings. The third-order valence-electron chi connectivity index (χ3n) is 3.52. The van der Waals surface area contributed by atoms with E-state index in [9.17, 15) is 9.59 Å². The number of anilines is 1. The zero-order valence-corrected chi connectivity index (χ0v) is 12.3. The van der Waals surface area contributed by atoms with Gasteiger partial charge >= 0.3 is 0 Å². The molecule has 1 aromatic heterocycles. The lowest BCUT2D eigenvalue weighted by atomic mass is 10.1. The van der Waals surface area contributed by atoms with E-state index in [1.165, 1.54) is 0 Å². The number of aromatic amines is 1. The molecule has 0 aromatic carbocycles. The van der Waals surface area contributed by atoms with Crippen LogP contribution in [0.25, 0.3) is 0 Å². The van der Waals surface area contributed by atoms with Crippen LogP contribution in [0.3, 0.4) is 0 Å². The van der Waals surface area contributed by atoms with Gasteiger partial charge < -0.3 is 15.2 Å². The van der Waals surface area contributed by atoms with Crippen molar-refractivity contribution >= 4 is 11.7 Å². The van der Waals surface area contributed by atoms with Crippen molar-refractivity contribution in [2.45, 2.75) is 45.6 Å². The van der Waals surface area contributed by atoms with E-state index in [4.69, 9.17) is 0 Å². The third-order valence-corrected chi connectivity index (χ3v) is 3.52. The Morgan fingerprint density at radius 3 is 2.65 bits per heavy atom. The number of nitrogens with one attached hydrogen (secondary N) is 2. The van der Waals surface area contributed by atoms with Crippen molar-refractivity contribution in [1.82, 2.24) is 15.3 Å². The maximum absolute atomic E-state index is 11.7. The zero-order valence-electron chi connectivity index (χ0n) is 12.3. The molecule has 1 fully saturated rings. The highest BCUT2D eigenvalue weighted by Crippen LogP contribution is 2.18. The molecule has 0 aliphatic carbocycles. The lowest BCUT2D eigenvalue weighted by Gasteiger charge is -2.33. The average Bonchev–Trinajstić information content (AvgIpc) is 2.38. The summed E-state index contributed by atoms with van der Waals surface area (Å²) in [6, 6.07) is 1.78. The summed E-state index contributed by atoms with van der Waals surface area (Å²) in [6.45, 7) is 7.16. The van der Waals surface area contributed by atoms with Crippen LogP contribution in [0.2, 0.25) is 0 Å². The van der Waals surface area contributed by atoms with Gasteiger partial charge in [-0.15, -0.1) is 0 Å². The van der Waals surface area contributed by atoms with E-state index in [1.807, 2.05) is 13.8 Å². The van der Waals surface area contributed by atoms with Crippen LogP contribution in [-0.4, -0.2) is 35.0 Å². The van der Waals surface area contributed by atoms with E-state index in [2.05, 4.69) is 20.2 Å². The van der Waals surface area contributed by atoms with Crippen LogP contribution >= 0.6 is 0 Å². The van der Waals surface area contributed by atoms with Gasteiger partial charge in [0.25, 0.3) is 5.56 Å². The predicted molar refractivity (Wildman–Crippen MR) is 78.0 cm³/mol. The first-order valence-corrected chi connectivity index (χ1v) is 7.09. The van der Waals surface area contributed by atoms with Gasteiger partial charge in [0.2, 0.25) is 5.91 Å². The van der Waals surface area contributed by atoms with E-state index in [0.717, 1.165) is 37.6 Å². The van der Waals surface area contributed by atoms with E-state index >= 15 is 0 Å². The third kappa shape index (κ3) is 3.59. The molecule has 1 aliphatic rings. The van der Waals surface area contributed by atoms with Crippen LogP contribution < -0.4 is 15.8 Å². The number of H-pyrrole nitrogens is 1. The number of hydrogen-bond acceptors (Lipinski definition) is 4. The number of carbonyl (C=O) groups excluding carboxylic acids is 1. The molecule has 6 heteroatoms. The molecule has 1 aliphatic heterocycles. The molecule has 110 valence electrons. The second kappa shape index (κ2) is 6.07. The van der Waals surface area contributed by atoms with E-state index in [0.29, 0.717) is 0 Å². The average molecular weight is 278 g/mol. The first-order chi connectivity index (χ1) is 9.45. The molecular weight excluding hydrogens is 256 g/mol. The quantitative estimate of drug-likeness (QED) is 0.864. The Morgan fingerprint density at radius 1 is 1.45 bits per heavy atom. The molecule has 0 spiro atoms. The normalized spacial score (nSPS) is 16.5. The van der Waals surface area contributed by atoms with Gasteiger partial charge in [-0.1, -0.05) is 13.8 Å². The SMILES string of the molecule is CC(=O)NC1CCN(c2cc(=O)[nH]c(C(C)C)n2)CC1. The standard InChI is InChI=1S/C14H22N4O2/c1-9(2)14-16-12(8-13(20)17-14)18-6-4-11(5-7-18)15-10(3)19/h8-9,11H,4-7H2,1-3H3,(H,15,19)(H,16,17,20). The van der Waals surface area contributed by atoms with Crippen LogP contribution in [0, 0.1) is 0 Å². The number of hydrogen-bond donors (Lipinski definition) is 2. The minimum absolute atomic E-state index is 0.0137. The van der Waals surface area contributed by atoms with Gasteiger partial charge in [0.05, 0.1) is 0 Å². The van der Waals surface area contributed by atoms with Gasteiger partial charge in [-0.05, 0) is 12.8 Å². The lowest BCUT2D eigenvalue weighted by molar-refractivity contribution is -0.119. The number of carbonyl (C=O) groups is 1. The minimum Gasteiger partial charge on any atom is -0.356 e. The Hall–Kier alpha value is -1.85. The largest absolute Gasteiger partial charge is 0.356 e. The maximum Gasteiger partial charge on any atom is 0.252 e. The number of piperidine rings is 1. The summed E-state index contributed by atoms with van der Waals surface area (Å²) < 4.78 is 0. The molecule has 2 rings (SSSR count). The van der Waals surface area contributed by atoms with Gasteiger partial charge in [0.15, 0.2) is 0 Å². The second-order valence-corrected chi connectivity index (χ2v) is 5.61. The van der Waals surface area contributed by atoms with E-state index in [1.54, 1.807) is 13.0 Å². The van der Waals surface area contributed by atoms with Crippen LogP contribution in [-0.2, 0) is 4.79 Å². The molecule has 0 unspecified atom stereocenters. The lowest BCUT2D eigenvalue weighted by Crippen LogP contribution is -2.44. The first kappa shape index (κ1) is 14.6. The Kier molecular flexibility index (Phi) is 4.42. The van der Waals surface area contributed by atoms with Crippen LogP contribution in [0.4, 0.5) is 5.82 Å². The molecular formula is C14H22N4O2. The highest BCUT2D eigenvalue weighted by atomic mass is 16.1. The smallest absolute Gasteiger partial charge is 0.252 e. The Bertz CT molecular complexity index is 530. The van der Waals surface area contributed by atoms with E-state index in [-0.39, 0.29) is 23.4 Å².